The predicted octanol–water partition coefficient (Wildman–Crippen LogP) is 2.03. The Kier molecular flexibility index (Phi) is 6.02. The average Bonchev–Trinajstić information content (AvgIpc) is 2.41. The lowest BCUT2D eigenvalue weighted by molar-refractivity contribution is -0.934. The minimum atomic E-state index is 0.000283. The van der Waals surface area contributed by atoms with Crippen molar-refractivity contribution < 1.29 is 18.5 Å². The molecule has 0 aliphatic carbocycles. The monoisotopic (exact) mass is 286 g/mol. The molecule has 1 aliphatic heterocycles. The number of hydrogen-bond donors (Lipinski definition) is 0. The lowest BCUT2D eigenvalue weighted by atomic mass is 9.94. The number of piperidine rings is 1. The quantitative estimate of drug-likeness (QED) is 0.552. The zero-order valence-electron chi connectivity index (χ0n) is 14.3. The first-order chi connectivity index (χ1) is 9.27. The lowest BCUT2D eigenvalue weighted by Crippen LogP contribution is -2.60. The minimum absolute atomic E-state index is 0.000283. The molecule has 1 aliphatic rings. The summed E-state index contributed by atoms with van der Waals surface area (Å²) in [5.74, 6) is 0.000283. The van der Waals surface area contributed by atoms with Crippen LogP contribution in [-0.2, 0) is 9.53 Å². The molecule has 1 heterocycles. The van der Waals surface area contributed by atoms with Gasteiger partial charge >= 0.3 is 5.97 Å². The van der Waals surface area contributed by atoms with E-state index in [1.165, 1.54) is 6.42 Å². The van der Waals surface area contributed by atoms with Crippen LogP contribution in [-0.4, -0.2) is 74.4 Å². The number of carbonyl (C=O) groups is 1. The molecule has 1 fully saturated rings. The van der Waals surface area contributed by atoms with Crippen LogP contribution in [0.5, 0.6) is 0 Å². The van der Waals surface area contributed by atoms with Crippen LogP contribution in [0.2, 0.25) is 0 Å². The van der Waals surface area contributed by atoms with Crippen LogP contribution in [0.15, 0.2) is 0 Å². The Morgan fingerprint density at radius 1 is 1.25 bits per heavy atom. The Balaban J connectivity index is 2.50. The Morgan fingerprint density at radius 3 is 2.40 bits per heavy atom. The maximum atomic E-state index is 12.4. The molecule has 0 amide bonds. The van der Waals surface area contributed by atoms with E-state index in [2.05, 4.69) is 41.9 Å². The molecule has 1 saturated heterocycles. The molecule has 0 aromatic heterocycles. The summed E-state index contributed by atoms with van der Waals surface area (Å²) in [5, 5.41) is 0. The Morgan fingerprint density at radius 2 is 1.85 bits per heavy atom. The second-order valence-electron chi connectivity index (χ2n) is 7.07. The van der Waals surface area contributed by atoms with Crippen LogP contribution in [0, 0.1) is 0 Å². The van der Waals surface area contributed by atoms with Gasteiger partial charge in [0, 0.05) is 6.42 Å². The molecular weight excluding hydrogens is 252 g/mol. The number of carbonyl (C=O) groups excluding carboxylic acids is 1. The number of esters is 1. The van der Waals surface area contributed by atoms with Gasteiger partial charge in [-0.05, 0) is 33.6 Å². The number of likely N-dealkylation sites (N-methyl/N-ethyl adjacent to an activating group) is 2. The summed E-state index contributed by atoms with van der Waals surface area (Å²) in [5.41, 5.74) is 0. The topological polar surface area (TPSA) is 26.3 Å². The largest absolute Gasteiger partial charge is 0.455 e. The van der Waals surface area contributed by atoms with Crippen molar-refractivity contribution in [3.05, 3.63) is 0 Å². The number of quaternary nitrogens is 2. The van der Waals surface area contributed by atoms with Crippen LogP contribution in [0.3, 0.4) is 0 Å². The molecule has 0 spiro atoms. The summed E-state index contributed by atoms with van der Waals surface area (Å²) in [6.07, 6.45) is 3.31. The molecular formula is C16H34N2O2+2. The molecule has 4 heteroatoms. The van der Waals surface area contributed by atoms with Gasteiger partial charge in [0.25, 0.3) is 0 Å². The highest BCUT2D eigenvalue weighted by atomic mass is 16.5. The molecule has 0 N–H and O–H groups in total. The van der Waals surface area contributed by atoms with Gasteiger partial charge in [0.2, 0.25) is 0 Å². The first-order valence-corrected chi connectivity index (χ1v) is 8.10. The van der Waals surface area contributed by atoms with E-state index in [4.69, 9.17) is 4.74 Å². The molecule has 118 valence electrons. The van der Waals surface area contributed by atoms with Crippen molar-refractivity contribution >= 4 is 5.97 Å². The summed E-state index contributed by atoms with van der Waals surface area (Å²) in [6.45, 7) is 10.2. The third-order valence-electron chi connectivity index (χ3n) is 5.71. The van der Waals surface area contributed by atoms with E-state index in [0.717, 1.165) is 41.4 Å². The fourth-order valence-corrected chi connectivity index (χ4v) is 2.97. The van der Waals surface area contributed by atoms with Crippen molar-refractivity contribution in [3.8, 4) is 0 Å². The summed E-state index contributed by atoms with van der Waals surface area (Å²) < 4.78 is 7.33. The van der Waals surface area contributed by atoms with Gasteiger partial charge in [-0.15, -0.1) is 0 Å². The van der Waals surface area contributed by atoms with Gasteiger partial charge in [-0.3, -0.25) is 0 Å². The van der Waals surface area contributed by atoms with E-state index < -0.39 is 0 Å². The smallest absolute Gasteiger partial charge is 0.365 e. The van der Waals surface area contributed by atoms with Crippen molar-refractivity contribution in [1.29, 1.82) is 0 Å². The maximum absolute atomic E-state index is 12.4. The van der Waals surface area contributed by atoms with Gasteiger partial charge in [-0.1, -0.05) is 0 Å². The Hall–Kier alpha value is -0.610. The van der Waals surface area contributed by atoms with E-state index in [0.29, 0.717) is 12.6 Å². The standard InChI is InChI=1S/C16H34N2O2/c1-7-18(6,8-2)12-13-20-16(19)15-11-9-10-14(3)17(15,4)5/h14-15H,7-13H2,1-6H3/q+2. The number of hydrogen-bond acceptors (Lipinski definition) is 2. The predicted molar refractivity (Wildman–Crippen MR) is 82.3 cm³/mol. The first kappa shape index (κ1) is 17.4. The van der Waals surface area contributed by atoms with Crippen molar-refractivity contribution in [2.75, 3.05) is 47.4 Å². The molecule has 0 radical (unpaired) electrons. The zero-order chi connectivity index (χ0) is 15.4. The minimum Gasteiger partial charge on any atom is -0.455 e. The third kappa shape index (κ3) is 3.95. The molecule has 20 heavy (non-hydrogen) atoms. The number of rotatable bonds is 6. The van der Waals surface area contributed by atoms with Crippen LogP contribution in [0.1, 0.15) is 40.0 Å². The number of likely N-dealkylation sites (tertiary alicyclic amines) is 1. The van der Waals surface area contributed by atoms with Gasteiger partial charge in [-0.25, -0.2) is 4.79 Å². The highest BCUT2D eigenvalue weighted by Gasteiger charge is 2.42. The zero-order valence-corrected chi connectivity index (χ0v) is 14.3. The number of nitrogens with zero attached hydrogens (tertiary/aromatic N) is 2. The normalized spacial score (nSPS) is 26.3. The van der Waals surface area contributed by atoms with Gasteiger partial charge in [0.05, 0.1) is 40.3 Å². The second kappa shape index (κ2) is 6.90. The molecule has 0 saturated carbocycles. The fourth-order valence-electron chi connectivity index (χ4n) is 2.97. The number of ether oxygens (including phenoxy) is 1. The van der Waals surface area contributed by atoms with E-state index in [9.17, 15) is 4.79 Å². The van der Waals surface area contributed by atoms with Gasteiger partial charge in [-0.2, -0.15) is 0 Å². The Labute approximate surface area is 124 Å². The second-order valence-corrected chi connectivity index (χ2v) is 7.07. The van der Waals surface area contributed by atoms with E-state index in [-0.39, 0.29) is 12.0 Å². The molecule has 0 bridgehead atoms. The van der Waals surface area contributed by atoms with Crippen LogP contribution in [0.4, 0.5) is 0 Å². The highest BCUT2D eigenvalue weighted by Crippen LogP contribution is 2.28. The van der Waals surface area contributed by atoms with Crippen molar-refractivity contribution in [2.45, 2.75) is 52.1 Å². The molecule has 4 nitrogen and oxygen atoms in total. The van der Waals surface area contributed by atoms with Gasteiger partial charge < -0.3 is 13.7 Å². The van der Waals surface area contributed by atoms with Crippen molar-refractivity contribution in [2.24, 2.45) is 0 Å². The van der Waals surface area contributed by atoms with Crippen LogP contribution < -0.4 is 0 Å². The third-order valence-corrected chi connectivity index (χ3v) is 5.71. The van der Waals surface area contributed by atoms with E-state index in [1.54, 1.807) is 0 Å². The van der Waals surface area contributed by atoms with E-state index >= 15 is 0 Å². The summed E-state index contributed by atoms with van der Waals surface area (Å²) >= 11 is 0. The molecule has 0 aromatic carbocycles. The highest BCUT2D eigenvalue weighted by molar-refractivity contribution is 5.74. The van der Waals surface area contributed by atoms with Crippen LogP contribution >= 0.6 is 0 Å². The van der Waals surface area contributed by atoms with Crippen molar-refractivity contribution in [1.82, 2.24) is 0 Å². The van der Waals surface area contributed by atoms with Gasteiger partial charge in [0.1, 0.15) is 13.2 Å². The maximum Gasteiger partial charge on any atom is 0.365 e. The Bertz CT molecular complexity index is 324. The van der Waals surface area contributed by atoms with Crippen molar-refractivity contribution in [3.63, 3.8) is 0 Å². The first-order valence-electron chi connectivity index (χ1n) is 8.10. The summed E-state index contributed by atoms with van der Waals surface area (Å²) in [6, 6.07) is 0.550. The summed E-state index contributed by atoms with van der Waals surface area (Å²) in [4.78, 5) is 12.4. The molecule has 0 aromatic rings. The average molecular weight is 286 g/mol. The fraction of sp³-hybridized carbons (Fsp3) is 0.938. The molecule has 2 atom stereocenters. The van der Waals surface area contributed by atoms with E-state index in [1.807, 2.05) is 0 Å². The van der Waals surface area contributed by atoms with Gasteiger partial charge in [0.15, 0.2) is 6.04 Å². The molecule has 1 rings (SSSR count). The lowest BCUT2D eigenvalue weighted by Gasteiger charge is -2.45. The SMILES string of the molecule is CC[N+](C)(CC)CCOC(=O)C1CCCC(C)[N+]1(C)C. The molecule has 2 unspecified atom stereocenters. The van der Waals surface area contributed by atoms with Crippen LogP contribution in [0.25, 0.3) is 0 Å². The summed E-state index contributed by atoms with van der Waals surface area (Å²) in [7, 11) is 6.54.